The number of aromatic nitrogens is 4. The number of amides is 2. The van der Waals surface area contributed by atoms with Gasteiger partial charge in [-0.25, -0.2) is 5.10 Å². The van der Waals surface area contributed by atoms with Gasteiger partial charge in [-0.3, -0.25) is 14.9 Å². The minimum atomic E-state index is -0.680. The normalized spacial score (nSPS) is 28.8. The number of rotatable bonds is 8. The Labute approximate surface area is 209 Å². The van der Waals surface area contributed by atoms with E-state index >= 15 is 0 Å². The molecule has 5 rings (SSSR count). The Balaban J connectivity index is 1.33. The quantitative estimate of drug-likeness (QED) is 0.421. The molecule has 2 amide bonds. The number of ether oxygens (including phenoxy) is 1. The third kappa shape index (κ3) is 3.98. The van der Waals surface area contributed by atoms with Crippen LogP contribution in [0.1, 0.15) is 77.4 Å². The highest BCUT2D eigenvalue weighted by atomic mass is 32.2. The monoisotopic (exact) mass is 499 g/mol. The Morgan fingerprint density at radius 3 is 2.49 bits per heavy atom. The second-order valence-corrected chi connectivity index (χ2v) is 12.2. The number of carbonyl (C=O) groups excluding carboxylic acids is 2. The molecule has 1 aromatic carbocycles. The summed E-state index contributed by atoms with van der Waals surface area (Å²) < 4.78 is 5.51. The molecule has 3 aliphatic rings. The fourth-order valence-corrected chi connectivity index (χ4v) is 7.15. The van der Waals surface area contributed by atoms with Crippen molar-refractivity contribution in [3.05, 3.63) is 35.7 Å². The molecule has 2 aromatic rings. The maximum atomic E-state index is 13.7. The minimum absolute atomic E-state index is 0.0748. The molecule has 3 fully saturated rings. The van der Waals surface area contributed by atoms with E-state index in [9.17, 15) is 9.59 Å². The van der Waals surface area contributed by atoms with Gasteiger partial charge >= 0.3 is 0 Å². The SMILES string of the molecule is CCCCCOc1ccc(C2NC(C)(C)N(C3C(=O)N4C(c5nnn[nH]5)C(C)(C)S[C@H]34)C2=O)cc1. The van der Waals surface area contributed by atoms with Gasteiger partial charge in [-0.1, -0.05) is 31.9 Å². The highest BCUT2D eigenvalue weighted by Crippen LogP contribution is 2.58. The Kier molecular flexibility index (Phi) is 6.03. The van der Waals surface area contributed by atoms with E-state index in [1.165, 1.54) is 0 Å². The number of β-lactam (4-membered cyclic amide) rings is 1. The van der Waals surface area contributed by atoms with Crippen molar-refractivity contribution in [3.8, 4) is 5.75 Å². The lowest BCUT2D eigenvalue weighted by molar-refractivity contribution is -0.165. The van der Waals surface area contributed by atoms with Gasteiger partial charge in [0.25, 0.3) is 0 Å². The van der Waals surface area contributed by atoms with Gasteiger partial charge in [0.15, 0.2) is 5.82 Å². The average Bonchev–Trinajstić information content (AvgIpc) is 3.48. The third-order valence-electron chi connectivity index (χ3n) is 7.13. The fraction of sp³-hybridized carbons (Fsp3) is 0.625. The van der Waals surface area contributed by atoms with Crippen LogP contribution >= 0.6 is 11.8 Å². The minimum Gasteiger partial charge on any atom is -0.494 e. The van der Waals surface area contributed by atoms with E-state index in [0.717, 1.165) is 30.6 Å². The molecule has 2 N–H and O–H groups in total. The van der Waals surface area contributed by atoms with Crippen molar-refractivity contribution in [2.45, 2.75) is 87.8 Å². The zero-order valence-electron chi connectivity index (χ0n) is 20.8. The number of aromatic amines is 1. The number of unbranched alkanes of at least 4 members (excludes halogenated alkanes) is 2. The van der Waals surface area contributed by atoms with Crippen molar-refractivity contribution in [2.24, 2.45) is 0 Å². The third-order valence-corrected chi connectivity index (χ3v) is 8.68. The molecule has 1 aromatic heterocycles. The number of H-pyrrole nitrogens is 1. The largest absolute Gasteiger partial charge is 0.494 e. The standard InChI is InChI=1S/C24H33N7O3S/c1-6-7-8-13-34-15-11-9-14(10-12-15)16-20(32)31(24(4,5)25-16)17-21(33)30-18(19-26-28-29-27-19)23(2,3)35-22(17)30/h9-12,16-18,22,25H,6-8,13H2,1-5H3,(H,26,27,28,29)/t16?,17?,18?,22-/m1/s1. The van der Waals surface area contributed by atoms with E-state index < -0.39 is 17.7 Å². The average molecular weight is 500 g/mol. The van der Waals surface area contributed by atoms with Gasteiger partial charge in [-0.05, 0) is 62.2 Å². The van der Waals surface area contributed by atoms with E-state index in [4.69, 9.17) is 4.74 Å². The molecule has 0 aliphatic carbocycles. The van der Waals surface area contributed by atoms with E-state index in [1.807, 2.05) is 43.0 Å². The summed E-state index contributed by atoms with van der Waals surface area (Å²) in [7, 11) is 0. The molecule has 3 unspecified atom stereocenters. The number of tetrazole rings is 1. The molecule has 3 aliphatic heterocycles. The highest BCUT2D eigenvalue weighted by molar-refractivity contribution is 8.01. The summed E-state index contributed by atoms with van der Waals surface area (Å²) in [5.41, 5.74) is 0.181. The summed E-state index contributed by atoms with van der Waals surface area (Å²) in [6, 6.07) is 6.35. The number of thioether (sulfide) groups is 1. The van der Waals surface area contributed by atoms with Crippen molar-refractivity contribution >= 4 is 23.6 Å². The van der Waals surface area contributed by atoms with Gasteiger partial charge in [0.1, 0.15) is 29.2 Å². The van der Waals surface area contributed by atoms with Crippen LogP contribution in [0, 0.1) is 0 Å². The summed E-state index contributed by atoms with van der Waals surface area (Å²) in [6.07, 6.45) is 3.33. The lowest BCUT2D eigenvalue weighted by atomic mass is 9.93. The molecule has 10 nitrogen and oxygen atoms in total. The van der Waals surface area contributed by atoms with Crippen LogP contribution in [0.2, 0.25) is 0 Å². The number of hydrogen-bond acceptors (Lipinski definition) is 8. The van der Waals surface area contributed by atoms with Crippen LogP contribution in [0.4, 0.5) is 0 Å². The number of carbonyl (C=O) groups is 2. The van der Waals surface area contributed by atoms with Gasteiger partial charge < -0.3 is 14.5 Å². The lowest BCUT2D eigenvalue weighted by Gasteiger charge is -2.50. The van der Waals surface area contributed by atoms with Crippen LogP contribution in [0.3, 0.4) is 0 Å². The van der Waals surface area contributed by atoms with E-state index in [1.54, 1.807) is 16.7 Å². The molecule has 0 radical (unpaired) electrons. The molecule has 3 saturated heterocycles. The van der Waals surface area contributed by atoms with Crippen molar-refractivity contribution in [1.29, 1.82) is 0 Å². The predicted octanol–water partition coefficient (Wildman–Crippen LogP) is 2.78. The number of hydrogen-bond donors (Lipinski definition) is 2. The molecule has 0 spiro atoms. The molecule has 4 atom stereocenters. The summed E-state index contributed by atoms with van der Waals surface area (Å²) in [5, 5.41) is 17.6. The van der Waals surface area contributed by atoms with Gasteiger partial charge in [0.05, 0.1) is 12.3 Å². The fourth-order valence-electron chi connectivity index (χ4n) is 5.47. The van der Waals surface area contributed by atoms with Gasteiger partial charge in [0.2, 0.25) is 11.8 Å². The van der Waals surface area contributed by atoms with Crippen molar-refractivity contribution in [3.63, 3.8) is 0 Å². The Morgan fingerprint density at radius 2 is 1.83 bits per heavy atom. The van der Waals surface area contributed by atoms with Crippen LogP contribution < -0.4 is 10.1 Å². The molecule has 0 saturated carbocycles. The van der Waals surface area contributed by atoms with E-state index in [0.29, 0.717) is 12.4 Å². The molecule has 4 heterocycles. The molecular weight excluding hydrogens is 466 g/mol. The van der Waals surface area contributed by atoms with E-state index in [-0.39, 0.29) is 28.0 Å². The van der Waals surface area contributed by atoms with Crippen molar-refractivity contribution < 1.29 is 14.3 Å². The maximum Gasteiger partial charge on any atom is 0.250 e. The Morgan fingerprint density at radius 1 is 1.09 bits per heavy atom. The van der Waals surface area contributed by atoms with Crippen LogP contribution in [0.5, 0.6) is 5.75 Å². The summed E-state index contributed by atoms with van der Waals surface area (Å²) in [4.78, 5) is 30.7. The van der Waals surface area contributed by atoms with Crippen LogP contribution in [0.15, 0.2) is 24.3 Å². The molecule has 188 valence electrons. The predicted molar refractivity (Wildman–Crippen MR) is 131 cm³/mol. The zero-order valence-corrected chi connectivity index (χ0v) is 21.6. The van der Waals surface area contributed by atoms with Crippen molar-refractivity contribution in [1.82, 2.24) is 35.7 Å². The number of fused-ring (bicyclic) bond motifs is 1. The van der Waals surface area contributed by atoms with Crippen LogP contribution in [0.25, 0.3) is 0 Å². The topological polar surface area (TPSA) is 116 Å². The first kappa shape index (κ1) is 24.1. The molecule has 11 heteroatoms. The van der Waals surface area contributed by atoms with Crippen LogP contribution in [-0.4, -0.2) is 70.7 Å². The number of benzene rings is 1. The van der Waals surface area contributed by atoms with Crippen LogP contribution in [-0.2, 0) is 9.59 Å². The van der Waals surface area contributed by atoms with Gasteiger partial charge in [-0.15, -0.1) is 16.9 Å². The second kappa shape index (κ2) is 8.77. The first-order valence-electron chi connectivity index (χ1n) is 12.2. The van der Waals surface area contributed by atoms with E-state index in [2.05, 4.69) is 46.7 Å². The second-order valence-electron chi connectivity index (χ2n) is 10.5. The molecular formula is C24H33N7O3S. The summed E-state index contributed by atoms with van der Waals surface area (Å²) >= 11 is 1.69. The Bertz CT molecular complexity index is 1090. The first-order valence-corrected chi connectivity index (χ1v) is 13.1. The lowest BCUT2D eigenvalue weighted by Crippen LogP contribution is -2.71. The maximum absolute atomic E-state index is 13.7. The molecule has 0 bridgehead atoms. The smallest absolute Gasteiger partial charge is 0.250 e. The summed E-state index contributed by atoms with van der Waals surface area (Å²) in [6.45, 7) is 10.9. The van der Waals surface area contributed by atoms with Gasteiger partial charge in [-0.2, -0.15) is 0 Å². The number of nitrogens with one attached hydrogen (secondary N) is 2. The highest BCUT2D eigenvalue weighted by Gasteiger charge is 2.67. The molecule has 35 heavy (non-hydrogen) atoms. The zero-order chi connectivity index (χ0) is 25.0. The summed E-state index contributed by atoms with van der Waals surface area (Å²) in [5.74, 6) is 1.20. The first-order chi connectivity index (χ1) is 16.7. The van der Waals surface area contributed by atoms with Gasteiger partial charge in [0, 0.05) is 4.75 Å². The number of nitrogens with zero attached hydrogens (tertiary/aromatic N) is 5. The Hall–Kier alpha value is -2.66. The van der Waals surface area contributed by atoms with Crippen molar-refractivity contribution in [2.75, 3.05) is 6.61 Å².